The molecule has 31 heavy (non-hydrogen) atoms. The van der Waals surface area contributed by atoms with Gasteiger partial charge < -0.3 is 10.5 Å². The molecule has 4 rings (SSSR count). The summed E-state index contributed by atoms with van der Waals surface area (Å²) >= 11 is 7.32. The number of nitrogens with two attached hydrogens (primary N) is 1. The van der Waals surface area contributed by atoms with E-state index in [4.69, 9.17) is 10.5 Å². The number of nitriles is 1. The summed E-state index contributed by atoms with van der Waals surface area (Å²) in [4.78, 5) is 2.39. The molecule has 0 amide bonds. The molecule has 0 spiro atoms. The van der Waals surface area contributed by atoms with Gasteiger partial charge in [-0.2, -0.15) is 5.26 Å². The van der Waals surface area contributed by atoms with Crippen LogP contribution in [0.2, 0.25) is 0 Å². The highest BCUT2D eigenvalue weighted by atomic mass is 79.9. The first-order chi connectivity index (χ1) is 14.9. The lowest BCUT2D eigenvalue weighted by Gasteiger charge is -2.40. The monoisotopic (exact) mass is 539 g/mol. The molecule has 0 saturated carbocycles. The van der Waals surface area contributed by atoms with Crippen LogP contribution in [-0.2, 0) is 4.74 Å². The van der Waals surface area contributed by atoms with E-state index in [2.05, 4.69) is 68.8 Å². The normalized spacial score (nSPS) is 20.6. The molecular formula is C25H23Br2N3O. The minimum Gasteiger partial charge on any atom is -0.440 e. The van der Waals surface area contributed by atoms with E-state index >= 15 is 0 Å². The lowest BCUT2D eigenvalue weighted by Crippen LogP contribution is -2.41. The van der Waals surface area contributed by atoms with Gasteiger partial charge in [-0.15, -0.1) is 0 Å². The summed E-state index contributed by atoms with van der Waals surface area (Å²) in [5.74, 6) is 0.705. The van der Waals surface area contributed by atoms with E-state index in [9.17, 15) is 5.26 Å². The molecule has 2 heterocycles. The SMILES string of the molecule is CC(C)N1CC2=C(OC(N)=C(C#N)C2c2ccccc2Br)/C(=C/c2ccccc2Br)C1. The largest absolute Gasteiger partial charge is 0.440 e. The lowest BCUT2D eigenvalue weighted by atomic mass is 9.80. The fourth-order valence-electron chi connectivity index (χ4n) is 4.11. The zero-order valence-electron chi connectivity index (χ0n) is 17.4. The van der Waals surface area contributed by atoms with Gasteiger partial charge in [-0.1, -0.05) is 68.3 Å². The van der Waals surface area contributed by atoms with Crippen LogP contribution in [0.15, 0.2) is 85.8 Å². The van der Waals surface area contributed by atoms with Crippen molar-refractivity contribution in [2.75, 3.05) is 13.1 Å². The Morgan fingerprint density at radius 1 is 1.10 bits per heavy atom. The van der Waals surface area contributed by atoms with Crippen LogP contribution in [0.1, 0.15) is 30.9 Å². The molecule has 2 aromatic carbocycles. The highest BCUT2D eigenvalue weighted by molar-refractivity contribution is 9.10. The van der Waals surface area contributed by atoms with Gasteiger partial charge in [-0.3, -0.25) is 4.90 Å². The van der Waals surface area contributed by atoms with Crippen LogP contribution in [0.4, 0.5) is 0 Å². The maximum atomic E-state index is 9.95. The minimum absolute atomic E-state index is 0.179. The van der Waals surface area contributed by atoms with E-state index in [0.29, 0.717) is 18.2 Å². The maximum absolute atomic E-state index is 9.95. The molecule has 0 aliphatic carbocycles. The van der Waals surface area contributed by atoms with Gasteiger partial charge in [0.15, 0.2) is 0 Å². The van der Waals surface area contributed by atoms with Crippen LogP contribution in [-0.4, -0.2) is 24.0 Å². The number of rotatable bonds is 3. The van der Waals surface area contributed by atoms with Gasteiger partial charge in [-0.25, -0.2) is 0 Å². The first-order valence-electron chi connectivity index (χ1n) is 10.1. The van der Waals surface area contributed by atoms with Crippen LogP contribution in [0.3, 0.4) is 0 Å². The van der Waals surface area contributed by atoms with E-state index in [1.54, 1.807) is 0 Å². The van der Waals surface area contributed by atoms with Crippen LogP contribution >= 0.6 is 31.9 Å². The number of hydrogen-bond acceptors (Lipinski definition) is 4. The number of allylic oxidation sites excluding steroid dienone is 1. The van der Waals surface area contributed by atoms with E-state index in [0.717, 1.165) is 43.5 Å². The Labute approximate surface area is 199 Å². The first-order valence-corrected chi connectivity index (χ1v) is 11.7. The van der Waals surface area contributed by atoms with E-state index in [1.807, 2.05) is 42.5 Å². The number of nitrogens with zero attached hydrogens (tertiary/aromatic N) is 2. The van der Waals surface area contributed by atoms with Crippen molar-refractivity contribution in [2.45, 2.75) is 25.8 Å². The van der Waals surface area contributed by atoms with Crippen molar-refractivity contribution in [3.8, 4) is 6.07 Å². The molecule has 1 unspecified atom stereocenters. The fourth-order valence-corrected chi connectivity index (χ4v) is 5.02. The molecule has 2 aliphatic heterocycles. The number of hydrogen-bond donors (Lipinski definition) is 1. The number of benzene rings is 2. The third-order valence-corrected chi connectivity index (χ3v) is 7.19. The molecular weight excluding hydrogens is 518 g/mol. The van der Waals surface area contributed by atoms with Crippen molar-refractivity contribution in [2.24, 2.45) is 5.73 Å². The molecule has 0 fully saturated rings. The molecule has 0 saturated heterocycles. The minimum atomic E-state index is -0.256. The molecule has 2 aromatic rings. The van der Waals surface area contributed by atoms with E-state index in [1.165, 1.54) is 0 Å². The number of ether oxygens (including phenoxy) is 1. The van der Waals surface area contributed by atoms with Crippen LogP contribution < -0.4 is 5.73 Å². The van der Waals surface area contributed by atoms with E-state index in [-0.39, 0.29) is 11.8 Å². The summed E-state index contributed by atoms with van der Waals surface area (Å²) < 4.78 is 8.10. The van der Waals surface area contributed by atoms with Crippen molar-refractivity contribution in [1.82, 2.24) is 4.90 Å². The van der Waals surface area contributed by atoms with E-state index < -0.39 is 0 Å². The summed E-state index contributed by atoms with van der Waals surface area (Å²) in [7, 11) is 0. The van der Waals surface area contributed by atoms with Crippen molar-refractivity contribution >= 4 is 37.9 Å². The second-order valence-electron chi connectivity index (χ2n) is 7.99. The summed E-state index contributed by atoms with van der Waals surface area (Å²) in [5, 5.41) is 9.95. The van der Waals surface area contributed by atoms with Crippen molar-refractivity contribution in [3.05, 3.63) is 97.0 Å². The summed E-state index contributed by atoms with van der Waals surface area (Å²) in [6, 6.07) is 18.8. The second-order valence-corrected chi connectivity index (χ2v) is 9.70. The summed E-state index contributed by atoms with van der Waals surface area (Å²) in [5.41, 5.74) is 11.0. The first kappa shape index (κ1) is 21.9. The quantitative estimate of drug-likeness (QED) is 0.512. The van der Waals surface area contributed by atoms with Crippen molar-refractivity contribution in [1.29, 1.82) is 5.26 Å². The highest BCUT2D eigenvalue weighted by Crippen LogP contribution is 2.45. The molecule has 2 N–H and O–H groups in total. The van der Waals surface area contributed by atoms with Crippen molar-refractivity contribution in [3.63, 3.8) is 0 Å². The summed E-state index contributed by atoms with van der Waals surface area (Å²) in [6.45, 7) is 5.84. The Balaban J connectivity index is 1.93. The average Bonchev–Trinajstić information content (AvgIpc) is 2.75. The predicted octanol–water partition coefficient (Wildman–Crippen LogP) is 6.08. The van der Waals surface area contributed by atoms with Gasteiger partial charge in [0.1, 0.15) is 17.4 Å². The number of halogens is 2. The Kier molecular flexibility index (Phi) is 6.38. The molecule has 0 aromatic heterocycles. The average molecular weight is 541 g/mol. The fraction of sp³-hybridized carbons (Fsp3) is 0.240. The lowest BCUT2D eigenvalue weighted by molar-refractivity contribution is 0.208. The summed E-state index contributed by atoms with van der Waals surface area (Å²) in [6.07, 6.45) is 2.15. The molecule has 1 atom stereocenters. The Hall–Kier alpha value is -2.33. The van der Waals surface area contributed by atoms with Crippen LogP contribution in [0.25, 0.3) is 6.08 Å². The van der Waals surface area contributed by atoms with Gasteiger partial charge in [0.2, 0.25) is 5.88 Å². The van der Waals surface area contributed by atoms with Crippen LogP contribution in [0.5, 0.6) is 0 Å². The Bertz CT molecular complexity index is 1160. The standard InChI is InChI=1S/C25H23Br2N3O/c1-15(2)30-13-17(11-16-7-3-5-9-21(16)26)24-20(14-30)23(19(12-28)25(29)31-24)18-8-4-6-10-22(18)27/h3-11,15,23H,13-14,29H2,1-2H3/b17-11+. The highest BCUT2D eigenvalue weighted by Gasteiger charge is 2.38. The topological polar surface area (TPSA) is 62.3 Å². The molecule has 4 nitrogen and oxygen atoms in total. The molecule has 0 bridgehead atoms. The zero-order valence-corrected chi connectivity index (χ0v) is 20.6. The Morgan fingerprint density at radius 2 is 1.77 bits per heavy atom. The maximum Gasteiger partial charge on any atom is 0.205 e. The Morgan fingerprint density at radius 3 is 2.42 bits per heavy atom. The molecule has 158 valence electrons. The van der Waals surface area contributed by atoms with Gasteiger partial charge in [-0.05, 0) is 48.8 Å². The van der Waals surface area contributed by atoms with Gasteiger partial charge in [0.05, 0.1) is 5.92 Å². The third-order valence-electron chi connectivity index (χ3n) is 5.75. The van der Waals surface area contributed by atoms with Gasteiger partial charge in [0.25, 0.3) is 0 Å². The molecule has 2 aliphatic rings. The van der Waals surface area contributed by atoms with Crippen LogP contribution in [0, 0.1) is 11.3 Å². The predicted molar refractivity (Wildman–Crippen MR) is 131 cm³/mol. The van der Waals surface area contributed by atoms with Crippen molar-refractivity contribution < 1.29 is 4.74 Å². The van der Waals surface area contributed by atoms with Gasteiger partial charge >= 0.3 is 0 Å². The third kappa shape index (κ3) is 4.23. The zero-order chi connectivity index (χ0) is 22.1. The second kappa shape index (κ2) is 9.04. The van der Waals surface area contributed by atoms with Gasteiger partial charge in [0, 0.05) is 33.6 Å². The smallest absolute Gasteiger partial charge is 0.205 e. The molecule has 6 heteroatoms. The molecule has 0 radical (unpaired) electrons.